The quantitative estimate of drug-likeness (QED) is 0.622. The second-order valence-electron chi connectivity index (χ2n) is 6.13. The van der Waals surface area contributed by atoms with Gasteiger partial charge >= 0.3 is 6.03 Å². The van der Waals surface area contributed by atoms with Crippen molar-refractivity contribution in [3.8, 4) is 11.5 Å². The summed E-state index contributed by atoms with van der Waals surface area (Å²) in [7, 11) is 0. The zero-order valence-corrected chi connectivity index (χ0v) is 15.6. The van der Waals surface area contributed by atoms with Crippen LogP contribution in [0.3, 0.4) is 0 Å². The Bertz CT molecular complexity index is 877. The van der Waals surface area contributed by atoms with Crippen molar-refractivity contribution >= 4 is 11.7 Å². The molecule has 0 aliphatic carbocycles. The van der Waals surface area contributed by atoms with Crippen LogP contribution in [0.1, 0.15) is 31.9 Å². The van der Waals surface area contributed by atoms with Gasteiger partial charge in [-0.1, -0.05) is 31.2 Å². The number of para-hydroxylation sites is 1. The Morgan fingerprint density at radius 2 is 1.89 bits per heavy atom. The highest BCUT2D eigenvalue weighted by Gasteiger charge is 2.14. The first-order valence-electron chi connectivity index (χ1n) is 9.10. The van der Waals surface area contributed by atoms with Gasteiger partial charge in [-0.2, -0.15) is 5.10 Å². The number of nitrogens with one attached hydrogen (secondary N) is 2. The molecule has 6 nitrogen and oxygen atoms in total. The minimum Gasteiger partial charge on any atom is -0.457 e. The highest BCUT2D eigenvalue weighted by molar-refractivity contribution is 5.89. The molecule has 0 spiro atoms. The van der Waals surface area contributed by atoms with Crippen molar-refractivity contribution in [1.29, 1.82) is 0 Å². The van der Waals surface area contributed by atoms with Crippen LogP contribution in [0.15, 0.2) is 67.0 Å². The number of carbonyl (C=O) groups excluding carboxylic acids is 1. The lowest BCUT2D eigenvalue weighted by atomic mass is 10.1. The van der Waals surface area contributed by atoms with Crippen molar-refractivity contribution in [2.45, 2.75) is 32.9 Å². The molecule has 140 valence electrons. The maximum absolute atomic E-state index is 12.4. The summed E-state index contributed by atoms with van der Waals surface area (Å²) in [4.78, 5) is 12.4. The average molecular weight is 364 g/mol. The summed E-state index contributed by atoms with van der Waals surface area (Å²) >= 11 is 0. The first-order chi connectivity index (χ1) is 13.2. The smallest absolute Gasteiger partial charge is 0.319 e. The van der Waals surface area contributed by atoms with Gasteiger partial charge in [-0.25, -0.2) is 4.79 Å². The molecule has 3 rings (SSSR count). The topological polar surface area (TPSA) is 68.2 Å². The predicted octanol–water partition coefficient (Wildman–Crippen LogP) is 4.97. The van der Waals surface area contributed by atoms with E-state index in [1.807, 2.05) is 73.3 Å². The summed E-state index contributed by atoms with van der Waals surface area (Å²) in [6.45, 7) is 4.86. The molecule has 27 heavy (non-hydrogen) atoms. The molecular formula is C21H24N4O2. The van der Waals surface area contributed by atoms with Crippen LogP contribution in [0.2, 0.25) is 0 Å². The summed E-state index contributed by atoms with van der Waals surface area (Å²) in [5.74, 6) is 1.41. The first kappa shape index (κ1) is 18.5. The number of amides is 2. The van der Waals surface area contributed by atoms with Gasteiger partial charge < -0.3 is 15.4 Å². The van der Waals surface area contributed by atoms with Gasteiger partial charge in [0.15, 0.2) is 0 Å². The third kappa shape index (κ3) is 5.10. The molecule has 0 radical (unpaired) electrons. The van der Waals surface area contributed by atoms with Crippen molar-refractivity contribution in [3.05, 3.63) is 72.6 Å². The Morgan fingerprint density at radius 1 is 1.11 bits per heavy atom. The van der Waals surface area contributed by atoms with E-state index in [0.29, 0.717) is 11.4 Å². The van der Waals surface area contributed by atoms with Crippen LogP contribution in [-0.2, 0) is 6.54 Å². The van der Waals surface area contributed by atoms with Crippen LogP contribution < -0.4 is 15.4 Å². The molecule has 0 fully saturated rings. The van der Waals surface area contributed by atoms with Crippen molar-refractivity contribution in [3.63, 3.8) is 0 Å². The molecule has 2 amide bonds. The lowest BCUT2D eigenvalue weighted by molar-refractivity contribution is 0.248. The van der Waals surface area contributed by atoms with Gasteiger partial charge in [0.1, 0.15) is 11.5 Å². The molecule has 2 N–H and O–H groups in total. The number of benzene rings is 2. The number of urea groups is 1. The van der Waals surface area contributed by atoms with Crippen LogP contribution in [0, 0.1) is 0 Å². The molecular weight excluding hydrogens is 340 g/mol. The SMILES string of the molecule is CCC(NC(=O)Nc1cccc(Oc2ccccc2)c1)c1cnn(CC)c1. The first-order valence-corrected chi connectivity index (χ1v) is 9.10. The zero-order chi connectivity index (χ0) is 19.1. The molecule has 0 aliphatic rings. The van der Waals surface area contributed by atoms with Gasteiger partial charge in [-0.05, 0) is 37.6 Å². The van der Waals surface area contributed by atoms with Crippen molar-refractivity contribution in [2.24, 2.45) is 0 Å². The Morgan fingerprint density at radius 3 is 2.59 bits per heavy atom. The Labute approximate surface area is 159 Å². The highest BCUT2D eigenvalue weighted by atomic mass is 16.5. The molecule has 1 unspecified atom stereocenters. The second-order valence-corrected chi connectivity index (χ2v) is 6.13. The van der Waals surface area contributed by atoms with E-state index in [0.717, 1.165) is 24.3 Å². The summed E-state index contributed by atoms with van der Waals surface area (Å²) in [6.07, 6.45) is 4.54. The minimum atomic E-state index is -0.261. The van der Waals surface area contributed by atoms with Gasteiger partial charge in [0, 0.05) is 30.1 Å². The average Bonchev–Trinajstić information content (AvgIpc) is 3.16. The van der Waals surface area contributed by atoms with Crippen LogP contribution in [0.25, 0.3) is 0 Å². The molecule has 0 bridgehead atoms. The van der Waals surface area contributed by atoms with Crippen LogP contribution >= 0.6 is 0 Å². The van der Waals surface area contributed by atoms with Crippen molar-refractivity contribution in [1.82, 2.24) is 15.1 Å². The minimum absolute atomic E-state index is 0.0888. The van der Waals surface area contributed by atoms with E-state index < -0.39 is 0 Å². The number of ether oxygens (including phenoxy) is 1. The summed E-state index contributed by atoms with van der Waals surface area (Å²) in [5, 5.41) is 10.1. The summed E-state index contributed by atoms with van der Waals surface area (Å²) in [6, 6.07) is 16.5. The number of hydrogen-bond acceptors (Lipinski definition) is 3. The molecule has 2 aromatic carbocycles. The van der Waals surface area contributed by atoms with Gasteiger partial charge in [0.25, 0.3) is 0 Å². The fourth-order valence-corrected chi connectivity index (χ4v) is 2.74. The van der Waals surface area contributed by atoms with Crippen molar-refractivity contribution < 1.29 is 9.53 Å². The van der Waals surface area contributed by atoms with E-state index >= 15 is 0 Å². The number of nitrogens with zero attached hydrogens (tertiary/aromatic N) is 2. The second kappa shape index (κ2) is 8.89. The summed E-state index contributed by atoms with van der Waals surface area (Å²) < 4.78 is 7.65. The maximum Gasteiger partial charge on any atom is 0.319 e. The number of hydrogen-bond donors (Lipinski definition) is 2. The van der Waals surface area contributed by atoms with E-state index in [4.69, 9.17) is 4.74 Å². The molecule has 1 heterocycles. The third-order valence-electron chi connectivity index (χ3n) is 4.16. The number of aryl methyl sites for hydroxylation is 1. The van der Waals surface area contributed by atoms with E-state index in [1.54, 1.807) is 12.3 Å². The highest BCUT2D eigenvalue weighted by Crippen LogP contribution is 2.24. The number of rotatable bonds is 7. The monoisotopic (exact) mass is 364 g/mol. The van der Waals surface area contributed by atoms with Crippen LogP contribution in [0.4, 0.5) is 10.5 Å². The van der Waals surface area contributed by atoms with E-state index in [2.05, 4.69) is 15.7 Å². The van der Waals surface area contributed by atoms with E-state index in [9.17, 15) is 4.79 Å². The van der Waals surface area contributed by atoms with Crippen LogP contribution in [-0.4, -0.2) is 15.8 Å². The largest absolute Gasteiger partial charge is 0.457 e. The lowest BCUT2D eigenvalue weighted by Crippen LogP contribution is -2.32. The van der Waals surface area contributed by atoms with Gasteiger partial charge in [0.2, 0.25) is 0 Å². The summed E-state index contributed by atoms with van der Waals surface area (Å²) in [5.41, 5.74) is 1.66. The normalized spacial score (nSPS) is 11.6. The Balaban J connectivity index is 1.62. The molecule has 6 heteroatoms. The van der Waals surface area contributed by atoms with Gasteiger partial charge in [-0.15, -0.1) is 0 Å². The van der Waals surface area contributed by atoms with Crippen LogP contribution in [0.5, 0.6) is 11.5 Å². The fraction of sp³-hybridized carbons (Fsp3) is 0.238. The predicted molar refractivity (Wildman–Crippen MR) is 106 cm³/mol. The number of carbonyl (C=O) groups is 1. The molecule has 0 saturated carbocycles. The molecule has 0 saturated heterocycles. The maximum atomic E-state index is 12.4. The van der Waals surface area contributed by atoms with E-state index in [1.165, 1.54) is 0 Å². The van der Waals surface area contributed by atoms with Gasteiger partial charge in [0.05, 0.1) is 12.2 Å². The Kier molecular flexibility index (Phi) is 6.10. The third-order valence-corrected chi connectivity index (χ3v) is 4.16. The molecule has 0 aliphatic heterocycles. The molecule has 1 atom stereocenters. The number of aromatic nitrogens is 2. The zero-order valence-electron chi connectivity index (χ0n) is 15.6. The van der Waals surface area contributed by atoms with Gasteiger partial charge in [-0.3, -0.25) is 4.68 Å². The molecule has 3 aromatic rings. The standard InChI is InChI=1S/C21H24N4O2/c1-3-20(16-14-22-25(4-2)15-16)24-21(26)23-17-9-8-12-19(13-17)27-18-10-6-5-7-11-18/h5-15,20H,3-4H2,1-2H3,(H2,23,24,26). The fourth-order valence-electron chi connectivity index (χ4n) is 2.74. The Hall–Kier alpha value is -3.28. The number of anilines is 1. The van der Waals surface area contributed by atoms with E-state index in [-0.39, 0.29) is 12.1 Å². The van der Waals surface area contributed by atoms with Crippen molar-refractivity contribution in [2.75, 3.05) is 5.32 Å². The lowest BCUT2D eigenvalue weighted by Gasteiger charge is -2.16. The molecule has 1 aromatic heterocycles.